The van der Waals surface area contributed by atoms with Crippen LogP contribution in [0.25, 0.3) is 5.57 Å². The molecule has 1 radical (unpaired) electrons. The van der Waals surface area contributed by atoms with E-state index in [-0.39, 0.29) is 5.92 Å². The van der Waals surface area contributed by atoms with Crippen molar-refractivity contribution in [3.8, 4) is 0 Å². The third-order valence-electron chi connectivity index (χ3n) is 16.3. The number of carbonyl (C=O) groups excluding carboxylic acids is 4. The first-order chi connectivity index (χ1) is 29.7. The van der Waals surface area contributed by atoms with E-state index in [9.17, 15) is 24.6 Å². The Morgan fingerprint density at radius 3 is 2.45 bits per heavy atom. The fraction of sp³-hybridized carbons (Fsp3) is 0.617. The second-order valence-electron chi connectivity index (χ2n) is 18.9. The number of fused-ring (bicyclic) bond motifs is 5. The van der Waals surface area contributed by atoms with Gasteiger partial charge in [0.1, 0.15) is 0 Å². The number of nitrogens with zero attached hydrogens (tertiary/aromatic N) is 3. The number of hydrogen-bond acceptors (Lipinski definition) is 13. The number of carbonyl (C=O) groups is 4. The van der Waals surface area contributed by atoms with Gasteiger partial charge < -0.3 is 34.1 Å². The number of allylic oxidation sites excluding steroid dienone is 1. The van der Waals surface area contributed by atoms with Crippen molar-refractivity contribution in [2.75, 3.05) is 60.3 Å². The molecule has 1 aromatic carbocycles. The second kappa shape index (κ2) is 15.5. The number of rotatable bonds is 9. The molecular formula is C47H59BN3O10S. The summed E-state index contributed by atoms with van der Waals surface area (Å²) in [7, 11) is 6.38. The summed E-state index contributed by atoms with van der Waals surface area (Å²) in [5.41, 5.74) is -1.76. The SMILES string of the molecule is CC[C@]1(O)C[C@H]2CN(CCC3=C([B]c4ccc(SC)cc43)[C@@](C(=O)OC)(C3C=C4C(=CC3OC)N(C=O)[C@H]3[C@@](O)(C(=O)OC)[C@H](OC(C)=O)[C@]5(CC)C=CCN6CC[C@]43[C@@H]65)C2)C1. The van der Waals surface area contributed by atoms with Crippen molar-refractivity contribution < 1.29 is 48.3 Å². The van der Waals surface area contributed by atoms with Gasteiger partial charge in [-0.25, -0.2) is 4.79 Å². The van der Waals surface area contributed by atoms with Gasteiger partial charge in [0.05, 0.1) is 37.4 Å². The first-order valence-corrected chi connectivity index (χ1v) is 23.3. The lowest BCUT2D eigenvalue weighted by atomic mass is 9.46. The molecule has 6 aliphatic heterocycles. The summed E-state index contributed by atoms with van der Waals surface area (Å²) in [6.45, 7) is 8.32. The van der Waals surface area contributed by atoms with Crippen molar-refractivity contribution in [2.24, 2.45) is 28.1 Å². The van der Waals surface area contributed by atoms with Crippen LogP contribution in [-0.2, 0) is 38.1 Å². The maximum atomic E-state index is 15.5. The lowest BCUT2D eigenvalue weighted by Gasteiger charge is -2.63. The largest absolute Gasteiger partial charge is 0.468 e. The van der Waals surface area contributed by atoms with Gasteiger partial charge in [-0.1, -0.05) is 49.1 Å². The van der Waals surface area contributed by atoms with Crippen molar-refractivity contribution >= 4 is 54.4 Å². The van der Waals surface area contributed by atoms with E-state index in [0.717, 1.165) is 32.5 Å². The van der Waals surface area contributed by atoms with Crippen molar-refractivity contribution in [2.45, 2.75) is 99.7 Å². The van der Waals surface area contributed by atoms with Crippen molar-refractivity contribution in [3.63, 3.8) is 0 Å². The first kappa shape index (κ1) is 43.5. The molecule has 1 spiro atoms. The van der Waals surface area contributed by atoms with E-state index >= 15 is 4.79 Å². The minimum atomic E-state index is -2.51. The third-order valence-corrected chi connectivity index (χ3v) is 17.1. The lowest BCUT2D eigenvalue weighted by molar-refractivity contribution is -0.242. The summed E-state index contributed by atoms with van der Waals surface area (Å²) < 4.78 is 24.0. The number of piperidine rings is 1. The smallest absolute Gasteiger partial charge is 0.344 e. The van der Waals surface area contributed by atoms with Gasteiger partial charge in [0.2, 0.25) is 12.0 Å². The molecule has 2 N–H and O–H groups in total. The normalized spacial score (nSPS) is 40.2. The van der Waals surface area contributed by atoms with Crippen molar-refractivity contribution in [3.05, 3.63) is 64.8 Å². The van der Waals surface area contributed by atoms with Gasteiger partial charge in [-0.2, -0.15) is 0 Å². The van der Waals surface area contributed by atoms with Crippen LogP contribution in [0, 0.1) is 28.1 Å². The molecule has 0 aromatic heterocycles. The molecule has 12 atom stereocenters. The maximum Gasteiger partial charge on any atom is 0.344 e. The number of likely N-dealkylation sites (tertiary alicyclic amines) is 1. The van der Waals surface area contributed by atoms with Gasteiger partial charge in [0.25, 0.3) is 0 Å². The molecule has 1 amide bonds. The van der Waals surface area contributed by atoms with Crippen molar-refractivity contribution in [1.82, 2.24) is 14.7 Å². The summed E-state index contributed by atoms with van der Waals surface area (Å²) in [6, 6.07) is 4.75. The fourth-order valence-electron chi connectivity index (χ4n) is 14.1. The molecular weight excluding hydrogens is 809 g/mol. The van der Waals surface area contributed by atoms with Gasteiger partial charge in [-0.05, 0) is 92.2 Å². The highest BCUT2D eigenvalue weighted by atomic mass is 32.2. The monoisotopic (exact) mass is 868 g/mol. The van der Waals surface area contributed by atoms with E-state index in [4.69, 9.17) is 18.9 Å². The van der Waals surface area contributed by atoms with Gasteiger partial charge in [-0.15, -0.1) is 11.8 Å². The summed E-state index contributed by atoms with van der Waals surface area (Å²) in [6.07, 6.45) is 11.4. The lowest BCUT2D eigenvalue weighted by Crippen LogP contribution is -2.80. The van der Waals surface area contributed by atoms with E-state index in [2.05, 4.69) is 47.6 Å². The highest BCUT2D eigenvalue weighted by molar-refractivity contribution is 7.98. The highest BCUT2D eigenvalue weighted by Gasteiger charge is 2.82. The third kappa shape index (κ3) is 5.79. The zero-order valence-electron chi connectivity index (χ0n) is 36.8. The number of amides is 1. The molecule has 62 heavy (non-hydrogen) atoms. The number of aliphatic hydroxyl groups is 2. The zero-order valence-corrected chi connectivity index (χ0v) is 37.7. The second-order valence-corrected chi connectivity index (χ2v) is 19.8. The number of benzene rings is 1. The van der Waals surface area contributed by atoms with E-state index < -0.39 is 75.6 Å². The van der Waals surface area contributed by atoms with Gasteiger partial charge in [0, 0.05) is 73.6 Å². The van der Waals surface area contributed by atoms with Gasteiger partial charge in [-0.3, -0.25) is 24.2 Å². The number of ether oxygens (including phenoxy) is 4. The Labute approximate surface area is 369 Å². The molecule has 1 aromatic rings. The number of hydrogen-bond donors (Lipinski definition) is 2. The van der Waals surface area contributed by atoms with E-state index in [1.807, 2.05) is 32.1 Å². The van der Waals surface area contributed by atoms with Gasteiger partial charge in [0.15, 0.2) is 13.4 Å². The van der Waals surface area contributed by atoms with Crippen LogP contribution in [0.5, 0.6) is 0 Å². The number of methoxy groups -OCH3 is 3. The Balaban J connectivity index is 1.33. The standard InChI is InChI=1S/C47H59BN3O10S/c1-8-43(56)22-28-23-46(41(54)59-5,37-30(13-17-49(24-28)25-43)31-19-29(62-7)11-12-34(31)48-37)33-20-32-35(21-36(33)58-4)51(26-52)39-45(32)15-18-50-16-10-14-44(9-2,38(45)50)40(61-27(3)53)47(39,57)42(55)60-6/h10-12,14,19-21,26,28,33,36,38-40,56-57H,8-9,13,15-18,22-25H2,1-7H3/t28-,33?,36?,38+,39-,40-,43+,44-,45-,46+,47+/m1/s1. The van der Waals surface area contributed by atoms with Crippen LogP contribution in [0.15, 0.2) is 64.1 Å². The Hall–Kier alpha value is -3.73. The van der Waals surface area contributed by atoms with Crippen LogP contribution in [0.2, 0.25) is 0 Å². The minimum absolute atomic E-state index is 0.109. The topological polar surface area (TPSA) is 155 Å². The van der Waals surface area contributed by atoms with Crippen LogP contribution in [0.1, 0.15) is 64.9 Å². The van der Waals surface area contributed by atoms with Crippen LogP contribution >= 0.6 is 11.8 Å². The molecule has 2 aliphatic carbocycles. The zero-order chi connectivity index (χ0) is 44.1. The van der Waals surface area contributed by atoms with Crippen LogP contribution in [0.3, 0.4) is 0 Å². The molecule has 3 saturated heterocycles. The predicted octanol–water partition coefficient (Wildman–Crippen LogP) is 3.05. The molecule has 2 bridgehead atoms. The summed E-state index contributed by atoms with van der Waals surface area (Å²) in [4.78, 5) is 64.0. The maximum absolute atomic E-state index is 15.5. The Morgan fingerprint density at radius 1 is 1.02 bits per heavy atom. The fourth-order valence-corrected chi connectivity index (χ4v) is 14.5. The predicted molar refractivity (Wildman–Crippen MR) is 233 cm³/mol. The summed E-state index contributed by atoms with van der Waals surface area (Å²) >= 11 is 1.66. The minimum Gasteiger partial charge on any atom is -0.468 e. The van der Waals surface area contributed by atoms with Crippen molar-refractivity contribution in [1.29, 1.82) is 0 Å². The Kier molecular flexibility index (Phi) is 10.9. The Bertz CT molecular complexity index is 2210. The molecule has 331 valence electrons. The van der Waals surface area contributed by atoms with E-state index in [1.54, 1.807) is 18.9 Å². The number of esters is 3. The average molecular weight is 869 g/mol. The van der Waals surface area contributed by atoms with E-state index in [0.29, 0.717) is 83.4 Å². The number of thioether (sulfide) groups is 1. The molecule has 6 heterocycles. The quantitative estimate of drug-likeness (QED) is 0.0935. The molecule has 15 heteroatoms. The molecule has 4 fully saturated rings. The van der Waals surface area contributed by atoms with E-state index in [1.165, 1.54) is 26.0 Å². The first-order valence-electron chi connectivity index (χ1n) is 22.1. The average Bonchev–Trinajstić information content (AvgIpc) is 3.95. The van der Waals surface area contributed by atoms with Crippen LogP contribution in [0.4, 0.5) is 0 Å². The molecule has 1 saturated carbocycles. The molecule has 8 aliphatic rings. The summed E-state index contributed by atoms with van der Waals surface area (Å²) in [5.74, 6) is -2.91. The van der Waals surface area contributed by atoms with Gasteiger partial charge >= 0.3 is 17.9 Å². The van der Waals surface area contributed by atoms with Crippen LogP contribution in [-0.4, -0.2) is 152 Å². The molecule has 13 nitrogen and oxygen atoms in total. The molecule has 3 unspecified atom stereocenters. The molecule has 9 rings (SSSR count). The summed E-state index contributed by atoms with van der Waals surface area (Å²) in [5, 5.41) is 25.4. The highest BCUT2D eigenvalue weighted by Crippen LogP contribution is 2.70. The Morgan fingerprint density at radius 2 is 1.79 bits per heavy atom. The van der Waals surface area contributed by atoms with Crippen LogP contribution < -0.4 is 5.46 Å².